The van der Waals surface area contributed by atoms with Crippen LogP contribution in [-0.4, -0.2) is 33.2 Å². The van der Waals surface area contributed by atoms with Gasteiger partial charge in [0.15, 0.2) is 0 Å². The van der Waals surface area contributed by atoms with Crippen molar-refractivity contribution in [2.45, 2.75) is 38.8 Å². The smallest absolute Gasteiger partial charge is 0.264 e. The standard InChI is InChI=1S/C15H18FN3O2S/c1-9-17-12-8-10(2-3-13(12)19(9)5-6-20)18-15(21)14-11(16)4-7-22-14/h4,7,10,20H,2-3,5-6,8H2,1H3,(H,18,21). The molecule has 2 aromatic rings. The second-order valence-corrected chi connectivity index (χ2v) is 6.35. The number of imidazole rings is 1. The van der Waals surface area contributed by atoms with Gasteiger partial charge in [-0.1, -0.05) is 0 Å². The molecule has 0 bridgehead atoms. The minimum Gasteiger partial charge on any atom is -0.395 e. The fourth-order valence-corrected chi connectivity index (χ4v) is 3.66. The number of thiophene rings is 1. The molecule has 1 unspecified atom stereocenters. The number of nitrogens with zero attached hydrogens (tertiary/aromatic N) is 2. The molecule has 0 fully saturated rings. The number of halogens is 1. The highest BCUT2D eigenvalue weighted by atomic mass is 32.1. The number of aliphatic hydroxyl groups is 1. The zero-order chi connectivity index (χ0) is 15.7. The lowest BCUT2D eigenvalue weighted by Gasteiger charge is -2.23. The lowest BCUT2D eigenvalue weighted by molar-refractivity contribution is 0.0934. The number of carbonyl (C=O) groups excluding carboxylic acids is 1. The number of aromatic nitrogens is 2. The highest BCUT2D eigenvalue weighted by Crippen LogP contribution is 2.23. The van der Waals surface area contributed by atoms with E-state index in [1.165, 1.54) is 6.07 Å². The summed E-state index contributed by atoms with van der Waals surface area (Å²) < 4.78 is 15.5. The first-order valence-corrected chi connectivity index (χ1v) is 8.17. The monoisotopic (exact) mass is 323 g/mol. The topological polar surface area (TPSA) is 67.2 Å². The van der Waals surface area contributed by atoms with Crippen molar-refractivity contribution in [2.75, 3.05) is 6.61 Å². The van der Waals surface area contributed by atoms with Gasteiger partial charge in [-0.25, -0.2) is 9.37 Å². The number of hydrogen-bond donors (Lipinski definition) is 2. The summed E-state index contributed by atoms with van der Waals surface area (Å²) in [6, 6.07) is 1.27. The third-order valence-corrected chi connectivity index (χ3v) is 4.89. The van der Waals surface area contributed by atoms with E-state index in [0.717, 1.165) is 41.4 Å². The Morgan fingerprint density at radius 1 is 1.64 bits per heavy atom. The second-order valence-electron chi connectivity index (χ2n) is 5.44. The van der Waals surface area contributed by atoms with Crippen LogP contribution in [0.4, 0.5) is 4.39 Å². The Morgan fingerprint density at radius 3 is 3.14 bits per heavy atom. The van der Waals surface area contributed by atoms with Crippen LogP contribution >= 0.6 is 11.3 Å². The number of carbonyl (C=O) groups is 1. The summed E-state index contributed by atoms with van der Waals surface area (Å²) in [5.74, 6) is 0.0601. The van der Waals surface area contributed by atoms with Crippen LogP contribution in [-0.2, 0) is 19.4 Å². The van der Waals surface area contributed by atoms with Gasteiger partial charge >= 0.3 is 0 Å². The highest BCUT2D eigenvalue weighted by Gasteiger charge is 2.26. The molecule has 0 saturated heterocycles. The molecule has 7 heteroatoms. The molecule has 0 aliphatic heterocycles. The van der Waals surface area contributed by atoms with Gasteiger partial charge in [-0.15, -0.1) is 11.3 Å². The van der Waals surface area contributed by atoms with E-state index >= 15 is 0 Å². The molecule has 118 valence electrons. The molecule has 1 aliphatic carbocycles. The molecule has 2 aromatic heterocycles. The first-order chi connectivity index (χ1) is 10.6. The molecule has 0 radical (unpaired) electrons. The number of fused-ring (bicyclic) bond motifs is 1. The fourth-order valence-electron chi connectivity index (χ4n) is 2.99. The number of rotatable bonds is 4. The summed E-state index contributed by atoms with van der Waals surface area (Å²) >= 11 is 1.11. The zero-order valence-electron chi connectivity index (χ0n) is 12.3. The molecule has 3 rings (SSSR count). The van der Waals surface area contributed by atoms with E-state index in [1.54, 1.807) is 5.38 Å². The third-order valence-electron chi connectivity index (χ3n) is 4.00. The third kappa shape index (κ3) is 2.78. The van der Waals surface area contributed by atoms with E-state index in [0.29, 0.717) is 13.0 Å². The van der Waals surface area contributed by atoms with Crippen molar-refractivity contribution < 1.29 is 14.3 Å². The van der Waals surface area contributed by atoms with E-state index in [9.17, 15) is 9.18 Å². The maximum Gasteiger partial charge on any atom is 0.264 e. The van der Waals surface area contributed by atoms with Crippen molar-refractivity contribution in [3.63, 3.8) is 0 Å². The van der Waals surface area contributed by atoms with Crippen LogP contribution in [0.3, 0.4) is 0 Å². The molecule has 22 heavy (non-hydrogen) atoms. The Kier molecular flexibility index (Phi) is 4.26. The van der Waals surface area contributed by atoms with Crippen molar-refractivity contribution in [1.29, 1.82) is 0 Å². The predicted octanol–water partition coefficient (Wildman–Crippen LogP) is 1.67. The van der Waals surface area contributed by atoms with Crippen molar-refractivity contribution in [1.82, 2.24) is 14.9 Å². The molecular formula is C15H18FN3O2S. The van der Waals surface area contributed by atoms with E-state index in [1.807, 2.05) is 11.5 Å². The van der Waals surface area contributed by atoms with Gasteiger partial charge in [0.25, 0.3) is 5.91 Å². The molecule has 5 nitrogen and oxygen atoms in total. The maximum absolute atomic E-state index is 13.4. The Morgan fingerprint density at radius 2 is 2.45 bits per heavy atom. The Balaban J connectivity index is 1.71. The van der Waals surface area contributed by atoms with E-state index < -0.39 is 5.82 Å². The van der Waals surface area contributed by atoms with Gasteiger partial charge in [0.1, 0.15) is 16.5 Å². The van der Waals surface area contributed by atoms with Gasteiger partial charge in [0.05, 0.1) is 12.3 Å². The van der Waals surface area contributed by atoms with Crippen molar-refractivity contribution in [2.24, 2.45) is 0 Å². The Bertz CT molecular complexity index is 695. The fraction of sp³-hybridized carbons (Fsp3) is 0.467. The zero-order valence-corrected chi connectivity index (χ0v) is 13.1. The van der Waals surface area contributed by atoms with Gasteiger partial charge in [0, 0.05) is 24.7 Å². The van der Waals surface area contributed by atoms with Gasteiger partial charge in [-0.2, -0.15) is 0 Å². The average Bonchev–Trinajstić information content (AvgIpc) is 3.03. The SMILES string of the molecule is Cc1nc2c(n1CCO)CCC(NC(=O)c1sccc1F)C2. The largest absolute Gasteiger partial charge is 0.395 e. The Hall–Kier alpha value is -1.73. The summed E-state index contributed by atoms with van der Waals surface area (Å²) in [5.41, 5.74) is 2.11. The number of amides is 1. The van der Waals surface area contributed by atoms with E-state index in [2.05, 4.69) is 10.3 Å². The molecule has 0 saturated carbocycles. The lowest BCUT2D eigenvalue weighted by Crippen LogP contribution is -2.39. The summed E-state index contributed by atoms with van der Waals surface area (Å²) in [6.45, 7) is 2.55. The van der Waals surface area contributed by atoms with Crippen molar-refractivity contribution in [3.05, 3.63) is 39.4 Å². The molecule has 1 amide bonds. The van der Waals surface area contributed by atoms with Crippen LogP contribution in [0.1, 0.15) is 33.3 Å². The van der Waals surface area contributed by atoms with E-state index in [-0.39, 0.29) is 23.4 Å². The molecule has 1 aliphatic rings. The minimum absolute atomic E-state index is 0.0293. The van der Waals surface area contributed by atoms with Gasteiger partial charge in [-0.05, 0) is 31.2 Å². The molecular weight excluding hydrogens is 305 g/mol. The average molecular weight is 323 g/mol. The predicted molar refractivity (Wildman–Crippen MR) is 81.6 cm³/mol. The van der Waals surface area contributed by atoms with Crippen molar-refractivity contribution in [3.8, 4) is 0 Å². The van der Waals surface area contributed by atoms with Crippen molar-refractivity contribution >= 4 is 17.2 Å². The molecule has 0 spiro atoms. The van der Waals surface area contributed by atoms with Crippen LogP contribution < -0.4 is 5.32 Å². The second kappa shape index (κ2) is 6.18. The van der Waals surface area contributed by atoms with Gasteiger partial charge in [0.2, 0.25) is 0 Å². The molecule has 1 atom stereocenters. The minimum atomic E-state index is -0.470. The summed E-state index contributed by atoms with van der Waals surface area (Å²) in [5, 5.41) is 13.6. The number of aryl methyl sites for hydroxylation is 1. The van der Waals surface area contributed by atoms with Crippen LogP contribution in [0, 0.1) is 12.7 Å². The molecule has 2 heterocycles. The van der Waals surface area contributed by atoms with Crippen LogP contribution in [0.25, 0.3) is 0 Å². The highest BCUT2D eigenvalue weighted by molar-refractivity contribution is 7.12. The summed E-state index contributed by atoms with van der Waals surface area (Å²) in [4.78, 5) is 16.8. The summed E-state index contributed by atoms with van der Waals surface area (Å²) in [6.07, 6.45) is 2.24. The number of hydrogen-bond acceptors (Lipinski definition) is 4. The quantitative estimate of drug-likeness (QED) is 0.899. The maximum atomic E-state index is 13.4. The Labute approximate surface area is 131 Å². The van der Waals surface area contributed by atoms with Crippen LogP contribution in [0.15, 0.2) is 11.4 Å². The first-order valence-electron chi connectivity index (χ1n) is 7.29. The van der Waals surface area contributed by atoms with Crippen LogP contribution in [0.2, 0.25) is 0 Å². The number of nitrogens with one attached hydrogen (secondary N) is 1. The molecule has 2 N–H and O–H groups in total. The molecule has 0 aromatic carbocycles. The van der Waals surface area contributed by atoms with Crippen LogP contribution in [0.5, 0.6) is 0 Å². The lowest BCUT2D eigenvalue weighted by atomic mass is 9.95. The first kappa shape index (κ1) is 15.2. The van der Waals surface area contributed by atoms with E-state index in [4.69, 9.17) is 5.11 Å². The van der Waals surface area contributed by atoms with Gasteiger partial charge in [-0.3, -0.25) is 4.79 Å². The summed E-state index contributed by atoms with van der Waals surface area (Å²) in [7, 11) is 0. The van der Waals surface area contributed by atoms with Gasteiger partial charge < -0.3 is 15.0 Å². The number of aliphatic hydroxyl groups excluding tert-OH is 1. The normalized spacial score (nSPS) is 17.3.